The molecule has 2 aromatic rings. The third-order valence-electron chi connectivity index (χ3n) is 3.59. The fourth-order valence-corrected chi connectivity index (χ4v) is 2.19. The molecule has 0 amide bonds. The van der Waals surface area contributed by atoms with Crippen LogP contribution in [-0.4, -0.2) is 22.5 Å². The van der Waals surface area contributed by atoms with Crippen LogP contribution in [0, 0.1) is 5.92 Å². The maximum absolute atomic E-state index is 12.5. The lowest BCUT2D eigenvalue weighted by Gasteiger charge is -2.12. The molecule has 0 aliphatic heterocycles. The molecule has 0 aliphatic rings. The second-order valence-corrected chi connectivity index (χ2v) is 5.64. The van der Waals surface area contributed by atoms with E-state index in [1.165, 1.54) is 24.5 Å². The molecule has 0 saturated carbocycles. The normalized spacial score (nSPS) is 12.6. The van der Waals surface area contributed by atoms with Gasteiger partial charge in [-0.15, -0.1) is 0 Å². The van der Waals surface area contributed by atoms with Crippen molar-refractivity contribution >= 4 is 5.97 Å². The van der Waals surface area contributed by atoms with Gasteiger partial charge in [0.2, 0.25) is 0 Å². The van der Waals surface area contributed by atoms with E-state index in [1.807, 2.05) is 0 Å². The number of aromatic amines is 1. The number of esters is 1. The first-order chi connectivity index (χ1) is 11.8. The molecule has 1 aromatic carbocycles. The number of hydrogen-bond donors (Lipinski definition) is 1. The summed E-state index contributed by atoms with van der Waals surface area (Å²) in [7, 11) is 0. The van der Waals surface area contributed by atoms with Gasteiger partial charge < -0.3 is 9.72 Å². The Labute approximate surface area is 141 Å². The lowest BCUT2D eigenvalue weighted by Crippen LogP contribution is -2.19. The predicted octanol–water partition coefficient (Wildman–Crippen LogP) is 2.75. The summed E-state index contributed by atoms with van der Waals surface area (Å²) in [6.45, 7) is 1.78. The number of H-pyrrole nitrogens is 1. The lowest BCUT2D eigenvalue weighted by molar-refractivity contribution is -0.147. The zero-order valence-electron chi connectivity index (χ0n) is 13.5. The van der Waals surface area contributed by atoms with Crippen LogP contribution in [0.25, 0.3) is 0 Å². The standard InChI is InChI=1S/C17H17F3N2O3/c1-11(8-12-2-4-14(5-3-12)17(18,19)20)15(23)25-7-6-13-9-21-16(24)22-10-13/h2-5,9-11H,6-8H2,1H3,(H,21,22,24). The number of nitrogens with zero attached hydrogens (tertiary/aromatic N) is 1. The Bertz CT molecular complexity index is 749. The van der Waals surface area contributed by atoms with Crippen LogP contribution < -0.4 is 5.69 Å². The number of alkyl halides is 3. The van der Waals surface area contributed by atoms with Crippen molar-refractivity contribution < 1.29 is 22.7 Å². The van der Waals surface area contributed by atoms with Crippen LogP contribution in [0.3, 0.4) is 0 Å². The van der Waals surface area contributed by atoms with Crippen molar-refractivity contribution in [2.45, 2.75) is 25.9 Å². The van der Waals surface area contributed by atoms with Gasteiger partial charge in [-0.05, 0) is 29.7 Å². The van der Waals surface area contributed by atoms with E-state index in [4.69, 9.17) is 4.74 Å². The van der Waals surface area contributed by atoms with Gasteiger partial charge in [-0.3, -0.25) is 4.79 Å². The quantitative estimate of drug-likeness (QED) is 0.810. The Morgan fingerprint density at radius 3 is 2.48 bits per heavy atom. The number of hydrogen-bond acceptors (Lipinski definition) is 4. The highest BCUT2D eigenvalue weighted by Gasteiger charge is 2.30. The molecule has 0 aliphatic carbocycles. The Hall–Kier alpha value is -2.64. The summed E-state index contributed by atoms with van der Waals surface area (Å²) in [6, 6.07) is 4.71. The van der Waals surface area contributed by atoms with Crippen LogP contribution in [-0.2, 0) is 28.5 Å². The van der Waals surface area contributed by atoms with E-state index in [-0.39, 0.29) is 13.0 Å². The van der Waals surface area contributed by atoms with E-state index in [9.17, 15) is 22.8 Å². The first kappa shape index (κ1) is 18.7. The van der Waals surface area contributed by atoms with Crippen molar-refractivity contribution in [3.63, 3.8) is 0 Å². The van der Waals surface area contributed by atoms with Crippen LogP contribution in [0.2, 0.25) is 0 Å². The molecule has 0 radical (unpaired) electrons. The Morgan fingerprint density at radius 1 is 1.24 bits per heavy atom. The van der Waals surface area contributed by atoms with Crippen LogP contribution in [0.5, 0.6) is 0 Å². The third kappa shape index (κ3) is 5.74. The molecule has 1 heterocycles. The first-order valence-electron chi connectivity index (χ1n) is 7.62. The average Bonchev–Trinajstić information content (AvgIpc) is 2.56. The van der Waals surface area contributed by atoms with Crippen molar-refractivity contribution in [1.82, 2.24) is 9.97 Å². The summed E-state index contributed by atoms with van der Waals surface area (Å²) in [5.41, 5.74) is 0.178. The summed E-state index contributed by atoms with van der Waals surface area (Å²) in [5.74, 6) is -0.914. The predicted molar refractivity (Wildman–Crippen MR) is 83.8 cm³/mol. The summed E-state index contributed by atoms with van der Waals surface area (Å²) >= 11 is 0. The van der Waals surface area contributed by atoms with Crippen molar-refractivity contribution in [1.29, 1.82) is 0 Å². The van der Waals surface area contributed by atoms with E-state index >= 15 is 0 Å². The highest BCUT2D eigenvalue weighted by molar-refractivity contribution is 5.72. The Morgan fingerprint density at radius 2 is 1.92 bits per heavy atom. The Kier molecular flexibility index (Phi) is 5.95. The largest absolute Gasteiger partial charge is 0.465 e. The maximum atomic E-state index is 12.5. The second-order valence-electron chi connectivity index (χ2n) is 5.64. The molecule has 0 bridgehead atoms. The van der Waals surface area contributed by atoms with Gasteiger partial charge in [0.15, 0.2) is 0 Å². The molecule has 25 heavy (non-hydrogen) atoms. The molecule has 0 saturated heterocycles. The molecule has 1 atom stereocenters. The van der Waals surface area contributed by atoms with Gasteiger partial charge in [0, 0.05) is 18.8 Å². The van der Waals surface area contributed by atoms with Gasteiger partial charge in [0.25, 0.3) is 0 Å². The van der Waals surface area contributed by atoms with Gasteiger partial charge in [-0.2, -0.15) is 13.2 Å². The topological polar surface area (TPSA) is 72.0 Å². The molecule has 1 N–H and O–H groups in total. The van der Waals surface area contributed by atoms with Gasteiger partial charge >= 0.3 is 17.8 Å². The molecular weight excluding hydrogens is 337 g/mol. The van der Waals surface area contributed by atoms with Gasteiger partial charge in [0.1, 0.15) is 0 Å². The van der Waals surface area contributed by atoms with Crippen molar-refractivity contribution in [3.8, 4) is 0 Å². The van der Waals surface area contributed by atoms with E-state index < -0.39 is 29.3 Å². The zero-order valence-corrected chi connectivity index (χ0v) is 13.5. The average molecular weight is 354 g/mol. The van der Waals surface area contributed by atoms with Crippen molar-refractivity contribution in [2.75, 3.05) is 6.61 Å². The Balaban J connectivity index is 1.81. The number of benzene rings is 1. The number of carbonyl (C=O) groups excluding carboxylic acids is 1. The van der Waals surface area contributed by atoms with E-state index in [0.29, 0.717) is 12.0 Å². The van der Waals surface area contributed by atoms with Crippen LogP contribution in [0.15, 0.2) is 41.5 Å². The van der Waals surface area contributed by atoms with E-state index in [0.717, 1.165) is 17.7 Å². The molecule has 8 heteroatoms. The molecule has 2 rings (SSSR count). The summed E-state index contributed by atoms with van der Waals surface area (Å²) in [4.78, 5) is 28.8. The van der Waals surface area contributed by atoms with Crippen molar-refractivity contribution in [3.05, 3.63) is 63.8 Å². The minimum absolute atomic E-state index is 0.129. The molecule has 1 aromatic heterocycles. The van der Waals surface area contributed by atoms with Crippen LogP contribution >= 0.6 is 0 Å². The lowest BCUT2D eigenvalue weighted by atomic mass is 10.00. The number of aromatic nitrogens is 2. The highest BCUT2D eigenvalue weighted by atomic mass is 19.4. The summed E-state index contributed by atoms with van der Waals surface area (Å²) in [6.07, 6.45) is -0.785. The van der Waals surface area contributed by atoms with E-state index in [1.54, 1.807) is 6.92 Å². The number of rotatable bonds is 6. The van der Waals surface area contributed by atoms with Crippen molar-refractivity contribution in [2.24, 2.45) is 5.92 Å². The second kappa shape index (κ2) is 7.96. The first-order valence-corrected chi connectivity index (χ1v) is 7.62. The fourth-order valence-electron chi connectivity index (χ4n) is 2.19. The molecule has 0 spiro atoms. The zero-order chi connectivity index (χ0) is 18.4. The van der Waals surface area contributed by atoms with Gasteiger partial charge in [-0.25, -0.2) is 9.78 Å². The fraction of sp³-hybridized carbons (Fsp3) is 0.353. The van der Waals surface area contributed by atoms with E-state index in [2.05, 4.69) is 9.97 Å². The minimum Gasteiger partial charge on any atom is -0.465 e. The molecule has 1 unspecified atom stereocenters. The summed E-state index contributed by atoms with van der Waals surface area (Å²) in [5, 5.41) is 0. The number of carbonyl (C=O) groups is 1. The molecule has 0 fully saturated rings. The van der Waals surface area contributed by atoms with Crippen LogP contribution in [0.1, 0.15) is 23.6 Å². The molecule has 5 nitrogen and oxygen atoms in total. The third-order valence-corrected chi connectivity index (χ3v) is 3.59. The SMILES string of the molecule is CC(Cc1ccc(C(F)(F)F)cc1)C(=O)OCCc1cnc(=O)[nH]c1. The van der Waals surface area contributed by atoms with Gasteiger partial charge in [0.05, 0.1) is 18.1 Å². The minimum atomic E-state index is -4.38. The number of halogens is 3. The smallest absolute Gasteiger partial charge is 0.416 e. The van der Waals surface area contributed by atoms with Crippen LogP contribution in [0.4, 0.5) is 13.2 Å². The molecule has 134 valence electrons. The highest BCUT2D eigenvalue weighted by Crippen LogP contribution is 2.29. The molecular formula is C17H17F3N2O3. The van der Waals surface area contributed by atoms with Gasteiger partial charge in [-0.1, -0.05) is 19.1 Å². The number of ether oxygens (including phenoxy) is 1. The maximum Gasteiger partial charge on any atom is 0.416 e. The monoisotopic (exact) mass is 354 g/mol. The summed E-state index contributed by atoms with van der Waals surface area (Å²) < 4.78 is 42.7. The number of nitrogens with one attached hydrogen (secondary N) is 1.